The molecule has 2 rings (SSSR count). The van der Waals surface area contributed by atoms with Crippen molar-refractivity contribution in [2.75, 3.05) is 12.8 Å². The van der Waals surface area contributed by atoms with Gasteiger partial charge in [0.2, 0.25) is 0 Å². The summed E-state index contributed by atoms with van der Waals surface area (Å²) in [6.07, 6.45) is 1.57. The van der Waals surface area contributed by atoms with Crippen molar-refractivity contribution in [3.63, 3.8) is 0 Å². The third-order valence-electron chi connectivity index (χ3n) is 2.69. The molecular formula is C12H13BrN4OS. The Morgan fingerprint density at radius 3 is 2.89 bits per heavy atom. The van der Waals surface area contributed by atoms with E-state index in [0.717, 1.165) is 15.0 Å². The minimum atomic E-state index is -0.154. The summed E-state index contributed by atoms with van der Waals surface area (Å²) in [6, 6.07) is 1.68. The van der Waals surface area contributed by atoms with Crippen LogP contribution in [-0.4, -0.2) is 27.8 Å². The van der Waals surface area contributed by atoms with Crippen LogP contribution >= 0.6 is 27.3 Å². The number of aromatic nitrogens is 2. The molecule has 19 heavy (non-hydrogen) atoms. The predicted molar refractivity (Wildman–Crippen MR) is 79.0 cm³/mol. The van der Waals surface area contributed by atoms with E-state index in [0.29, 0.717) is 12.1 Å². The van der Waals surface area contributed by atoms with Crippen LogP contribution < -0.4 is 5.73 Å². The van der Waals surface area contributed by atoms with Crippen LogP contribution in [0.4, 0.5) is 5.82 Å². The average molecular weight is 341 g/mol. The van der Waals surface area contributed by atoms with Gasteiger partial charge in [-0.25, -0.2) is 9.97 Å². The second kappa shape index (κ2) is 5.66. The molecular weight excluding hydrogens is 328 g/mol. The number of nitrogens with two attached hydrogens (primary N) is 1. The Bertz CT molecular complexity index is 614. The number of aryl methyl sites for hydroxylation is 1. The van der Waals surface area contributed by atoms with Crippen molar-refractivity contribution < 1.29 is 4.79 Å². The first kappa shape index (κ1) is 14.0. The van der Waals surface area contributed by atoms with Gasteiger partial charge in [-0.1, -0.05) is 0 Å². The zero-order valence-electron chi connectivity index (χ0n) is 10.6. The van der Waals surface area contributed by atoms with Crippen molar-refractivity contribution in [3.8, 4) is 0 Å². The molecule has 0 aromatic carbocycles. The second-order valence-corrected chi connectivity index (χ2v) is 5.96. The Balaban J connectivity index is 2.19. The minimum Gasteiger partial charge on any atom is -0.383 e. The molecule has 0 atom stereocenters. The number of carbonyl (C=O) groups is 1. The maximum Gasteiger partial charge on any atom is 0.257 e. The van der Waals surface area contributed by atoms with Crippen molar-refractivity contribution in [1.29, 1.82) is 0 Å². The smallest absolute Gasteiger partial charge is 0.257 e. The molecule has 0 radical (unpaired) electrons. The van der Waals surface area contributed by atoms with Crippen molar-refractivity contribution >= 4 is 39.0 Å². The fourth-order valence-electron chi connectivity index (χ4n) is 1.59. The maximum absolute atomic E-state index is 12.3. The van der Waals surface area contributed by atoms with E-state index in [-0.39, 0.29) is 11.7 Å². The molecule has 7 heteroatoms. The Hall–Kier alpha value is -1.47. The summed E-state index contributed by atoms with van der Waals surface area (Å²) < 4.78 is 0.729. The largest absolute Gasteiger partial charge is 0.383 e. The highest BCUT2D eigenvalue weighted by Gasteiger charge is 2.17. The number of thiazole rings is 1. The van der Waals surface area contributed by atoms with Crippen LogP contribution in [0, 0.1) is 6.92 Å². The van der Waals surface area contributed by atoms with Crippen LogP contribution in [0.5, 0.6) is 0 Å². The molecule has 0 aliphatic heterocycles. The SMILES string of the molecule is Cc1ncsc1CN(C)C(=O)c1cc(Br)cnc1N. The van der Waals surface area contributed by atoms with Crippen LogP contribution in [0.1, 0.15) is 20.9 Å². The fraction of sp³-hybridized carbons (Fsp3) is 0.250. The third-order valence-corrected chi connectivity index (χ3v) is 4.04. The van der Waals surface area contributed by atoms with E-state index in [4.69, 9.17) is 5.73 Å². The Morgan fingerprint density at radius 2 is 2.26 bits per heavy atom. The van der Waals surface area contributed by atoms with E-state index in [9.17, 15) is 4.79 Å². The lowest BCUT2D eigenvalue weighted by atomic mass is 10.2. The van der Waals surface area contributed by atoms with E-state index in [1.54, 1.807) is 29.7 Å². The third kappa shape index (κ3) is 3.10. The van der Waals surface area contributed by atoms with Gasteiger partial charge in [-0.2, -0.15) is 0 Å². The molecule has 0 saturated carbocycles. The Labute approximate surface area is 123 Å². The average Bonchev–Trinajstić information content (AvgIpc) is 2.77. The number of halogens is 1. The molecule has 0 bridgehead atoms. The van der Waals surface area contributed by atoms with Crippen molar-refractivity contribution in [3.05, 3.63) is 38.4 Å². The van der Waals surface area contributed by atoms with Crippen LogP contribution in [0.3, 0.4) is 0 Å². The summed E-state index contributed by atoms with van der Waals surface area (Å²) in [5.74, 6) is 0.0835. The molecule has 0 saturated heterocycles. The number of pyridine rings is 1. The van der Waals surface area contributed by atoms with Gasteiger partial charge in [-0.3, -0.25) is 4.79 Å². The molecule has 0 unspecified atom stereocenters. The highest BCUT2D eigenvalue weighted by molar-refractivity contribution is 9.10. The van der Waals surface area contributed by atoms with Crippen molar-refractivity contribution in [2.24, 2.45) is 0 Å². The first-order valence-corrected chi connectivity index (χ1v) is 7.21. The van der Waals surface area contributed by atoms with E-state index >= 15 is 0 Å². The van der Waals surface area contributed by atoms with E-state index in [1.807, 2.05) is 6.92 Å². The standard InChI is InChI=1S/C12H13BrN4OS/c1-7-10(19-6-16-7)5-17(2)12(18)9-3-8(13)4-15-11(9)14/h3-4,6H,5H2,1-2H3,(H2,14,15). The topological polar surface area (TPSA) is 72.1 Å². The number of hydrogen-bond donors (Lipinski definition) is 1. The summed E-state index contributed by atoms with van der Waals surface area (Å²) in [5, 5.41) is 0. The van der Waals surface area contributed by atoms with E-state index in [1.165, 1.54) is 11.3 Å². The highest BCUT2D eigenvalue weighted by atomic mass is 79.9. The maximum atomic E-state index is 12.3. The second-order valence-electron chi connectivity index (χ2n) is 4.11. The number of amides is 1. The van der Waals surface area contributed by atoms with Gasteiger partial charge in [0.1, 0.15) is 5.82 Å². The molecule has 2 N–H and O–H groups in total. The first-order valence-electron chi connectivity index (χ1n) is 5.54. The summed E-state index contributed by atoms with van der Waals surface area (Å²) in [6.45, 7) is 2.44. The van der Waals surface area contributed by atoms with E-state index in [2.05, 4.69) is 25.9 Å². The van der Waals surface area contributed by atoms with Gasteiger partial charge in [-0.15, -0.1) is 11.3 Å². The van der Waals surface area contributed by atoms with Gasteiger partial charge >= 0.3 is 0 Å². The number of nitrogens with zero attached hydrogens (tertiary/aromatic N) is 3. The normalized spacial score (nSPS) is 10.5. The predicted octanol–water partition coefficient (Wildman–Crippen LogP) is 2.46. The van der Waals surface area contributed by atoms with Crippen LogP contribution in [0.25, 0.3) is 0 Å². The van der Waals surface area contributed by atoms with Crippen molar-refractivity contribution in [1.82, 2.24) is 14.9 Å². The number of rotatable bonds is 3. The van der Waals surface area contributed by atoms with Gasteiger partial charge in [0.25, 0.3) is 5.91 Å². The molecule has 1 amide bonds. The molecule has 0 fully saturated rings. The molecule has 5 nitrogen and oxygen atoms in total. The van der Waals surface area contributed by atoms with Gasteiger partial charge in [-0.05, 0) is 28.9 Å². The first-order chi connectivity index (χ1) is 8.99. The van der Waals surface area contributed by atoms with Gasteiger partial charge in [0, 0.05) is 22.6 Å². The summed E-state index contributed by atoms with van der Waals surface area (Å²) in [7, 11) is 1.74. The zero-order valence-corrected chi connectivity index (χ0v) is 13.0. The monoisotopic (exact) mass is 340 g/mol. The quantitative estimate of drug-likeness (QED) is 0.931. The molecule has 2 aromatic heterocycles. The molecule has 0 aliphatic rings. The number of anilines is 1. The summed E-state index contributed by atoms with van der Waals surface area (Å²) in [5.41, 5.74) is 8.87. The molecule has 0 spiro atoms. The molecule has 100 valence electrons. The van der Waals surface area contributed by atoms with Gasteiger partial charge in [0.05, 0.1) is 23.3 Å². The number of nitrogen functional groups attached to an aromatic ring is 1. The highest BCUT2D eigenvalue weighted by Crippen LogP contribution is 2.19. The number of hydrogen-bond acceptors (Lipinski definition) is 5. The van der Waals surface area contributed by atoms with Crippen molar-refractivity contribution in [2.45, 2.75) is 13.5 Å². The Morgan fingerprint density at radius 1 is 1.53 bits per heavy atom. The minimum absolute atomic E-state index is 0.154. The lowest BCUT2D eigenvalue weighted by Gasteiger charge is -2.17. The lowest BCUT2D eigenvalue weighted by Crippen LogP contribution is -2.27. The zero-order chi connectivity index (χ0) is 14.0. The van der Waals surface area contributed by atoms with Crippen LogP contribution in [0.15, 0.2) is 22.2 Å². The lowest BCUT2D eigenvalue weighted by molar-refractivity contribution is 0.0787. The van der Waals surface area contributed by atoms with Crippen LogP contribution in [-0.2, 0) is 6.54 Å². The van der Waals surface area contributed by atoms with Gasteiger partial charge < -0.3 is 10.6 Å². The number of carbonyl (C=O) groups excluding carboxylic acids is 1. The van der Waals surface area contributed by atoms with E-state index < -0.39 is 0 Å². The van der Waals surface area contributed by atoms with Crippen LogP contribution in [0.2, 0.25) is 0 Å². The molecule has 2 aromatic rings. The van der Waals surface area contributed by atoms with Gasteiger partial charge in [0.15, 0.2) is 0 Å². The summed E-state index contributed by atoms with van der Waals surface area (Å²) >= 11 is 4.83. The molecule has 2 heterocycles. The fourth-order valence-corrected chi connectivity index (χ4v) is 2.75. The summed E-state index contributed by atoms with van der Waals surface area (Å²) in [4.78, 5) is 23.1. The molecule has 0 aliphatic carbocycles. The Kier molecular flexibility index (Phi) is 4.16.